The van der Waals surface area contributed by atoms with Gasteiger partial charge in [0.25, 0.3) is 0 Å². The van der Waals surface area contributed by atoms with Gasteiger partial charge in [0.1, 0.15) is 17.7 Å². The van der Waals surface area contributed by atoms with E-state index in [1.165, 1.54) is 19.2 Å². The molecule has 142 valence electrons. The highest BCUT2D eigenvalue weighted by atomic mass is 35.5. The second-order valence-electron chi connectivity index (χ2n) is 7.09. The minimum Gasteiger partial charge on any atom is -0.360 e. The summed E-state index contributed by atoms with van der Waals surface area (Å²) in [4.78, 5) is 23.2. The second kappa shape index (κ2) is 6.91. The highest BCUT2D eigenvalue weighted by Crippen LogP contribution is 2.35. The summed E-state index contributed by atoms with van der Waals surface area (Å²) in [6.45, 7) is 4.10. The summed E-state index contributed by atoms with van der Waals surface area (Å²) in [6, 6.07) is 8.05. The first kappa shape index (κ1) is 17.2. The molecule has 0 aliphatic carbocycles. The van der Waals surface area contributed by atoms with Gasteiger partial charge in [-0.25, -0.2) is 19.9 Å². The van der Waals surface area contributed by atoms with Gasteiger partial charge >= 0.3 is 0 Å². The summed E-state index contributed by atoms with van der Waals surface area (Å²) in [5.41, 5.74) is 2.37. The number of rotatable bonds is 4. The Bertz CT molecular complexity index is 1150. The molecule has 1 saturated heterocycles. The maximum atomic E-state index is 6.54. The molecule has 8 heteroatoms. The van der Waals surface area contributed by atoms with Crippen LogP contribution in [0.2, 0.25) is 5.02 Å². The number of hydrogen-bond donors (Lipinski definition) is 2. The maximum absolute atomic E-state index is 6.54. The third kappa shape index (κ3) is 2.92. The molecule has 1 aliphatic rings. The monoisotopic (exact) mass is 393 g/mol. The zero-order chi connectivity index (χ0) is 19.1. The molecule has 1 fully saturated rings. The van der Waals surface area contributed by atoms with E-state index in [2.05, 4.69) is 49.2 Å². The molecule has 7 nitrogen and oxygen atoms in total. The average molecular weight is 394 g/mol. The summed E-state index contributed by atoms with van der Waals surface area (Å²) in [5.74, 6) is 1.66. The van der Waals surface area contributed by atoms with Crippen molar-refractivity contribution in [3.05, 3.63) is 47.6 Å². The third-order valence-corrected chi connectivity index (χ3v) is 5.54. The first-order chi connectivity index (χ1) is 13.7. The van der Waals surface area contributed by atoms with Gasteiger partial charge in [-0.05, 0) is 37.3 Å². The first-order valence-electron chi connectivity index (χ1n) is 9.45. The van der Waals surface area contributed by atoms with Gasteiger partial charge in [-0.3, -0.25) is 0 Å². The summed E-state index contributed by atoms with van der Waals surface area (Å²) in [5, 5.41) is 6.30. The summed E-state index contributed by atoms with van der Waals surface area (Å²) in [7, 11) is 0. The van der Waals surface area contributed by atoms with E-state index < -0.39 is 0 Å². The van der Waals surface area contributed by atoms with Crippen molar-refractivity contribution in [1.82, 2.24) is 24.9 Å². The molecule has 0 radical (unpaired) electrons. The third-order valence-electron chi connectivity index (χ3n) is 5.23. The number of aromatic nitrogens is 5. The molecular weight excluding hydrogens is 374 g/mol. The number of hydrogen-bond acceptors (Lipinski definition) is 6. The Morgan fingerprint density at radius 2 is 2.04 bits per heavy atom. The summed E-state index contributed by atoms with van der Waals surface area (Å²) in [6.07, 6.45) is 5.52. The Morgan fingerprint density at radius 1 is 1.18 bits per heavy atom. The molecule has 4 heterocycles. The van der Waals surface area contributed by atoms with Gasteiger partial charge in [-0.1, -0.05) is 23.7 Å². The van der Waals surface area contributed by atoms with Crippen molar-refractivity contribution < 1.29 is 0 Å². The topological polar surface area (TPSA) is 82.6 Å². The normalized spacial score (nSPS) is 15.4. The van der Waals surface area contributed by atoms with E-state index in [1.54, 1.807) is 6.33 Å². The van der Waals surface area contributed by atoms with Crippen molar-refractivity contribution in [2.24, 2.45) is 0 Å². The fourth-order valence-electron chi connectivity index (χ4n) is 3.80. The predicted octanol–water partition coefficient (Wildman–Crippen LogP) is 4.33. The van der Waals surface area contributed by atoms with Crippen LogP contribution in [0.5, 0.6) is 0 Å². The number of fused-ring (bicyclic) bond motifs is 2. The minimum atomic E-state index is -0.0560. The molecule has 3 aromatic heterocycles. The quantitative estimate of drug-likeness (QED) is 0.537. The highest BCUT2D eigenvalue weighted by Gasteiger charge is 2.21. The second-order valence-corrected chi connectivity index (χ2v) is 7.50. The molecule has 1 aliphatic heterocycles. The Labute approximate surface area is 167 Å². The molecule has 2 N–H and O–H groups in total. The van der Waals surface area contributed by atoms with Gasteiger partial charge in [0.15, 0.2) is 11.5 Å². The number of halogens is 1. The highest BCUT2D eigenvalue weighted by molar-refractivity contribution is 6.36. The van der Waals surface area contributed by atoms with E-state index in [9.17, 15) is 0 Å². The molecule has 4 aromatic rings. The van der Waals surface area contributed by atoms with Crippen LogP contribution in [0.15, 0.2) is 36.9 Å². The van der Waals surface area contributed by atoms with Crippen molar-refractivity contribution in [3.63, 3.8) is 0 Å². The van der Waals surface area contributed by atoms with E-state index in [4.69, 9.17) is 16.6 Å². The number of benzene rings is 1. The van der Waals surface area contributed by atoms with E-state index >= 15 is 0 Å². The maximum Gasteiger partial charge on any atom is 0.162 e. The Kier molecular flexibility index (Phi) is 4.24. The van der Waals surface area contributed by atoms with Crippen LogP contribution < -0.4 is 10.2 Å². The minimum absolute atomic E-state index is 0.0560. The van der Waals surface area contributed by atoms with Gasteiger partial charge < -0.3 is 15.2 Å². The van der Waals surface area contributed by atoms with Crippen LogP contribution in [0.1, 0.15) is 31.5 Å². The standard InChI is InChI=1S/C20H20ClN7/c1-12(26-19-17-18(23-10-22-17)24-11-25-19)15-9-13-5-4-6-14(21)16(13)20(27-15)28-7-2-3-8-28/h4-6,9-12H,2-3,7-8H2,1H3,(H2,22,23,24,25,26)/t12-/m0/s1. The number of pyridine rings is 1. The molecule has 0 spiro atoms. The van der Waals surface area contributed by atoms with Crippen LogP contribution in [0.25, 0.3) is 21.9 Å². The van der Waals surface area contributed by atoms with Crippen LogP contribution in [0, 0.1) is 0 Å². The van der Waals surface area contributed by atoms with E-state index in [1.807, 2.05) is 12.1 Å². The summed E-state index contributed by atoms with van der Waals surface area (Å²) < 4.78 is 0. The van der Waals surface area contributed by atoms with Crippen LogP contribution in [0.4, 0.5) is 11.6 Å². The van der Waals surface area contributed by atoms with Crippen molar-refractivity contribution in [2.45, 2.75) is 25.8 Å². The molecule has 28 heavy (non-hydrogen) atoms. The van der Waals surface area contributed by atoms with E-state index in [0.29, 0.717) is 11.5 Å². The molecular formula is C20H20ClN7. The fourth-order valence-corrected chi connectivity index (χ4v) is 4.06. The number of imidazole rings is 1. The lowest BCUT2D eigenvalue weighted by Gasteiger charge is -2.22. The average Bonchev–Trinajstić information content (AvgIpc) is 3.39. The van der Waals surface area contributed by atoms with Crippen LogP contribution in [-0.2, 0) is 0 Å². The molecule has 0 saturated carbocycles. The molecule has 0 bridgehead atoms. The first-order valence-corrected chi connectivity index (χ1v) is 9.83. The molecule has 5 rings (SSSR count). The molecule has 1 aromatic carbocycles. The zero-order valence-electron chi connectivity index (χ0n) is 15.5. The van der Waals surface area contributed by atoms with Gasteiger partial charge in [0.2, 0.25) is 0 Å². The Balaban J connectivity index is 1.57. The predicted molar refractivity (Wildman–Crippen MR) is 112 cm³/mol. The van der Waals surface area contributed by atoms with Crippen molar-refractivity contribution in [2.75, 3.05) is 23.3 Å². The van der Waals surface area contributed by atoms with Crippen molar-refractivity contribution in [3.8, 4) is 0 Å². The van der Waals surface area contributed by atoms with Gasteiger partial charge in [-0.15, -0.1) is 0 Å². The van der Waals surface area contributed by atoms with E-state index in [-0.39, 0.29) is 6.04 Å². The van der Waals surface area contributed by atoms with Crippen LogP contribution in [-0.4, -0.2) is 38.0 Å². The molecule has 1 atom stereocenters. The Hall–Kier alpha value is -2.93. The number of H-pyrrole nitrogens is 1. The largest absolute Gasteiger partial charge is 0.360 e. The zero-order valence-corrected chi connectivity index (χ0v) is 16.2. The van der Waals surface area contributed by atoms with Gasteiger partial charge in [0.05, 0.1) is 23.1 Å². The Morgan fingerprint density at radius 3 is 2.89 bits per heavy atom. The lowest BCUT2D eigenvalue weighted by Crippen LogP contribution is -2.21. The summed E-state index contributed by atoms with van der Waals surface area (Å²) >= 11 is 6.54. The smallest absolute Gasteiger partial charge is 0.162 e. The van der Waals surface area contributed by atoms with Gasteiger partial charge in [0, 0.05) is 18.5 Å². The van der Waals surface area contributed by atoms with Crippen molar-refractivity contribution in [1.29, 1.82) is 0 Å². The van der Waals surface area contributed by atoms with Crippen LogP contribution in [0.3, 0.4) is 0 Å². The number of nitrogens with zero attached hydrogens (tertiary/aromatic N) is 5. The number of nitrogens with one attached hydrogen (secondary N) is 2. The molecule has 0 unspecified atom stereocenters. The van der Waals surface area contributed by atoms with Crippen LogP contribution >= 0.6 is 11.6 Å². The number of anilines is 2. The molecule has 0 amide bonds. The number of aromatic amines is 1. The van der Waals surface area contributed by atoms with E-state index in [0.717, 1.165) is 45.9 Å². The fraction of sp³-hybridized carbons (Fsp3) is 0.300. The lowest BCUT2D eigenvalue weighted by molar-refractivity contribution is 0.824. The SMILES string of the molecule is C[C@H](Nc1ncnc2[nH]cnc12)c1cc2cccc(Cl)c2c(N2CCCC2)n1. The lowest BCUT2D eigenvalue weighted by atomic mass is 10.1. The van der Waals surface area contributed by atoms with Crippen molar-refractivity contribution >= 4 is 45.2 Å². The van der Waals surface area contributed by atoms with Gasteiger partial charge in [-0.2, -0.15) is 0 Å².